The molecule has 0 saturated carbocycles. The van der Waals surface area contributed by atoms with E-state index in [2.05, 4.69) is 10.1 Å². The van der Waals surface area contributed by atoms with E-state index in [0.29, 0.717) is 6.54 Å². The zero-order valence-electron chi connectivity index (χ0n) is 15.0. The number of fused-ring (bicyclic) bond motifs is 1. The molecule has 2 atom stereocenters. The summed E-state index contributed by atoms with van der Waals surface area (Å²) in [4.78, 5) is 30.3. The minimum atomic E-state index is -0.668. The predicted molar refractivity (Wildman–Crippen MR) is 97.7 cm³/mol. The van der Waals surface area contributed by atoms with Crippen molar-refractivity contribution in [3.63, 3.8) is 0 Å². The predicted octanol–water partition coefficient (Wildman–Crippen LogP) is 1.37. The summed E-state index contributed by atoms with van der Waals surface area (Å²) in [5.74, 6) is -0.997. The van der Waals surface area contributed by atoms with E-state index in [4.69, 9.17) is 0 Å². The molecule has 1 N–H and O–H groups in total. The summed E-state index contributed by atoms with van der Waals surface area (Å²) >= 11 is 0. The lowest BCUT2D eigenvalue weighted by Gasteiger charge is -2.37. The van der Waals surface area contributed by atoms with E-state index in [1.54, 1.807) is 13.4 Å². The highest BCUT2D eigenvalue weighted by molar-refractivity contribution is 5.95. The number of carbonyl (C=O) groups excluding carboxylic acids is 1. The molecular weight excluding hydrogens is 346 g/mol. The maximum absolute atomic E-state index is 12.6. The second-order valence-corrected chi connectivity index (χ2v) is 6.72. The molecule has 0 spiro atoms. The molecule has 0 aliphatic carbocycles. The van der Waals surface area contributed by atoms with Crippen LogP contribution in [0.2, 0.25) is 0 Å². The number of amides is 1. The van der Waals surface area contributed by atoms with E-state index >= 15 is 0 Å². The van der Waals surface area contributed by atoms with E-state index in [1.807, 2.05) is 48.0 Å². The van der Waals surface area contributed by atoms with Crippen molar-refractivity contribution in [2.24, 2.45) is 0 Å². The molecule has 3 aromatic rings. The minimum Gasteiger partial charge on any atom is -0.502 e. The maximum Gasteiger partial charge on any atom is 0.275 e. The first kappa shape index (κ1) is 17.0. The Bertz CT molecular complexity index is 1060. The molecule has 138 valence electrons. The van der Waals surface area contributed by atoms with Crippen molar-refractivity contribution in [2.45, 2.75) is 19.0 Å². The third-order valence-corrected chi connectivity index (χ3v) is 4.87. The first-order chi connectivity index (χ1) is 13.0. The summed E-state index contributed by atoms with van der Waals surface area (Å²) in [6.45, 7) is 2.28. The molecule has 27 heavy (non-hydrogen) atoms. The van der Waals surface area contributed by atoms with Gasteiger partial charge in [0.05, 0.1) is 30.3 Å². The molecule has 0 saturated heterocycles. The quantitative estimate of drug-likeness (QED) is 0.757. The minimum absolute atomic E-state index is 0.0842. The second kappa shape index (κ2) is 6.39. The summed E-state index contributed by atoms with van der Waals surface area (Å²) in [6, 6.07) is 9.27. The smallest absolute Gasteiger partial charge is 0.275 e. The van der Waals surface area contributed by atoms with Crippen molar-refractivity contribution in [1.29, 1.82) is 0 Å². The topological polar surface area (TPSA) is 93.3 Å². The molecule has 2 unspecified atom stereocenters. The first-order valence-corrected chi connectivity index (χ1v) is 8.58. The molecular formula is C19H19N5O3. The molecule has 8 nitrogen and oxygen atoms in total. The van der Waals surface area contributed by atoms with Gasteiger partial charge in [-0.3, -0.25) is 9.59 Å². The summed E-state index contributed by atoms with van der Waals surface area (Å²) in [7, 11) is 1.65. The number of carbonyl (C=O) groups is 1. The molecule has 3 heterocycles. The van der Waals surface area contributed by atoms with Gasteiger partial charge >= 0.3 is 0 Å². The number of hydrogen-bond acceptors (Lipinski definition) is 5. The van der Waals surface area contributed by atoms with Crippen LogP contribution in [0.25, 0.3) is 0 Å². The number of nitrogens with zero attached hydrogens (tertiary/aromatic N) is 5. The highest BCUT2D eigenvalue weighted by Crippen LogP contribution is 2.35. The van der Waals surface area contributed by atoms with E-state index in [0.717, 1.165) is 17.5 Å². The Morgan fingerprint density at radius 1 is 1.22 bits per heavy atom. The van der Waals surface area contributed by atoms with Crippen LogP contribution in [0.1, 0.15) is 33.8 Å². The highest BCUT2D eigenvalue weighted by atomic mass is 16.3. The highest BCUT2D eigenvalue weighted by Gasteiger charge is 2.38. The van der Waals surface area contributed by atoms with Crippen LogP contribution in [0.3, 0.4) is 0 Å². The molecule has 0 fully saturated rings. The van der Waals surface area contributed by atoms with Crippen LogP contribution >= 0.6 is 0 Å². The number of benzene rings is 1. The van der Waals surface area contributed by atoms with Crippen molar-refractivity contribution >= 4 is 5.91 Å². The fourth-order valence-electron chi connectivity index (χ4n) is 3.60. The van der Waals surface area contributed by atoms with Crippen molar-refractivity contribution < 1.29 is 9.90 Å². The van der Waals surface area contributed by atoms with Gasteiger partial charge in [-0.05, 0) is 12.5 Å². The molecule has 8 heteroatoms. The molecule has 4 rings (SSSR count). The van der Waals surface area contributed by atoms with Gasteiger partial charge in [0.25, 0.3) is 5.91 Å². The van der Waals surface area contributed by atoms with Crippen LogP contribution in [-0.2, 0) is 0 Å². The summed E-state index contributed by atoms with van der Waals surface area (Å²) < 4.78 is 3.44. The maximum atomic E-state index is 12.6. The van der Waals surface area contributed by atoms with Crippen molar-refractivity contribution in [3.05, 3.63) is 76.2 Å². The number of imidazole rings is 1. The molecule has 1 aliphatic heterocycles. The largest absolute Gasteiger partial charge is 0.502 e. The fourth-order valence-corrected chi connectivity index (χ4v) is 3.60. The Labute approximate surface area is 155 Å². The molecule has 1 aliphatic rings. The van der Waals surface area contributed by atoms with Crippen LogP contribution in [0.4, 0.5) is 0 Å². The number of aryl methyl sites for hydroxylation is 1. The van der Waals surface area contributed by atoms with E-state index in [9.17, 15) is 14.7 Å². The van der Waals surface area contributed by atoms with Crippen LogP contribution < -0.4 is 5.43 Å². The van der Waals surface area contributed by atoms with Gasteiger partial charge in [-0.15, -0.1) is 0 Å². The number of likely N-dealkylation sites (N-methyl/N-ethyl adjacent to an activating group) is 1. The average molecular weight is 365 g/mol. The molecule has 2 aromatic heterocycles. The monoisotopic (exact) mass is 365 g/mol. The van der Waals surface area contributed by atoms with Gasteiger partial charge in [-0.1, -0.05) is 30.3 Å². The molecule has 0 bridgehead atoms. The van der Waals surface area contributed by atoms with Gasteiger partial charge in [0, 0.05) is 19.8 Å². The van der Waals surface area contributed by atoms with Gasteiger partial charge in [0.1, 0.15) is 0 Å². The number of aromatic hydroxyl groups is 1. The molecule has 1 aromatic carbocycles. The van der Waals surface area contributed by atoms with E-state index < -0.39 is 17.1 Å². The third kappa shape index (κ3) is 2.79. The zero-order chi connectivity index (χ0) is 19.1. The third-order valence-electron chi connectivity index (χ3n) is 4.87. The normalized spacial score (nSPS) is 17.6. The Balaban J connectivity index is 1.94. The number of aromatic nitrogens is 4. The fraction of sp³-hybridized carbons (Fsp3) is 0.263. The van der Waals surface area contributed by atoms with Gasteiger partial charge in [0.2, 0.25) is 5.43 Å². The standard InChI is InChI=1S/C19H19N5O3/c1-12-9-23(11-20-12)16(13-6-4-3-5-7-13)14-10-22(2)19(27)17-18(26)15(25)8-21-24(14)17/h3-9,11,14,16,26H,10H2,1-2H3. The van der Waals surface area contributed by atoms with Crippen LogP contribution in [0.15, 0.2) is 53.8 Å². The lowest BCUT2D eigenvalue weighted by Crippen LogP contribution is -2.46. The Morgan fingerprint density at radius 2 is 1.96 bits per heavy atom. The second-order valence-electron chi connectivity index (χ2n) is 6.72. The Morgan fingerprint density at radius 3 is 2.63 bits per heavy atom. The number of hydrogen-bond donors (Lipinski definition) is 1. The van der Waals surface area contributed by atoms with E-state index in [-0.39, 0.29) is 17.8 Å². The first-order valence-electron chi connectivity index (χ1n) is 8.58. The summed E-state index contributed by atoms with van der Waals surface area (Å²) in [6.07, 6.45) is 4.72. The number of rotatable bonds is 3. The van der Waals surface area contributed by atoms with Gasteiger partial charge in [-0.25, -0.2) is 9.67 Å². The average Bonchev–Trinajstić information content (AvgIpc) is 3.08. The summed E-state index contributed by atoms with van der Waals surface area (Å²) in [5, 5.41) is 14.4. The lowest BCUT2D eigenvalue weighted by atomic mass is 9.96. The van der Waals surface area contributed by atoms with Gasteiger partial charge in [0.15, 0.2) is 11.4 Å². The lowest BCUT2D eigenvalue weighted by molar-refractivity contribution is 0.0671. The van der Waals surface area contributed by atoms with Crippen LogP contribution in [0, 0.1) is 6.92 Å². The van der Waals surface area contributed by atoms with Crippen molar-refractivity contribution in [2.75, 3.05) is 13.6 Å². The summed E-state index contributed by atoms with van der Waals surface area (Å²) in [5.41, 5.74) is 1.12. The van der Waals surface area contributed by atoms with Crippen LogP contribution in [0.5, 0.6) is 5.75 Å². The Hall–Kier alpha value is -3.42. The van der Waals surface area contributed by atoms with Crippen LogP contribution in [-0.4, -0.2) is 48.8 Å². The van der Waals surface area contributed by atoms with Crippen molar-refractivity contribution in [3.8, 4) is 5.75 Å². The van der Waals surface area contributed by atoms with Gasteiger partial charge in [-0.2, -0.15) is 5.10 Å². The van der Waals surface area contributed by atoms with Gasteiger partial charge < -0.3 is 14.6 Å². The SMILES string of the molecule is Cc1cn(C(c2ccccc2)C2CN(C)C(=O)c3c(O)c(=O)cnn32)cn1. The molecule has 0 radical (unpaired) electrons. The van der Waals surface area contributed by atoms with Crippen molar-refractivity contribution in [1.82, 2.24) is 24.2 Å². The molecule has 1 amide bonds. The van der Waals surface area contributed by atoms with E-state index in [1.165, 1.54) is 9.58 Å². The Kier molecular flexibility index (Phi) is 4.02. The zero-order valence-corrected chi connectivity index (χ0v) is 15.0.